The standard InChI is InChI=1S/C21H25N5O2S2/c1-25(2)16-11-9-15(10-12-16)13-26(3)19(27)14-29-21-24-23-20(30-21)22-17-7-5-6-8-18(17)28-4/h5-12H,13-14H2,1-4H3,(H,22,23). The Kier molecular flexibility index (Phi) is 7.53. The zero-order valence-electron chi connectivity index (χ0n) is 17.5. The van der Waals surface area contributed by atoms with E-state index >= 15 is 0 Å². The van der Waals surface area contributed by atoms with Crippen LogP contribution in [0.25, 0.3) is 0 Å². The lowest BCUT2D eigenvalue weighted by molar-refractivity contribution is -0.127. The minimum Gasteiger partial charge on any atom is -0.495 e. The Morgan fingerprint density at radius 1 is 1.10 bits per heavy atom. The summed E-state index contributed by atoms with van der Waals surface area (Å²) in [4.78, 5) is 16.3. The van der Waals surface area contributed by atoms with E-state index in [1.807, 2.05) is 62.4 Å². The molecule has 30 heavy (non-hydrogen) atoms. The van der Waals surface area contributed by atoms with Crippen molar-refractivity contribution in [1.82, 2.24) is 15.1 Å². The molecule has 0 bridgehead atoms. The predicted molar refractivity (Wildman–Crippen MR) is 124 cm³/mol. The topological polar surface area (TPSA) is 70.6 Å². The fourth-order valence-electron chi connectivity index (χ4n) is 2.68. The maximum absolute atomic E-state index is 12.5. The van der Waals surface area contributed by atoms with Crippen molar-refractivity contribution in [3.05, 3.63) is 54.1 Å². The third kappa shape index (κ3) is 5.87. The Bertz CT molecular complexity index is 976. The number of aromatic nitrogens is 2. The van der Waals surface area contributed by atoms with Gasteiger partial charge >= 0.3 is 0 Å². The van der Waals surface area contributed by atoms with Gasteiger partial charge in [-0.15, -0.1) is 10.2 Å². The van der Waals surface area contributed by atoms with Crippen LogP contribution in [0.1, 0.15) is 5.56 Å². The average Bonchev–Trinajstić information content (AvgIpc) is 3.20. The van der Waals surface area contributed by atoms with Crippen molar-refractivity contribution >= 4 is 45.5 Å². The number of hydrogen-bond donors (Lipinski definition) is 1. The lowest BCUT2D eigenvalue weighted by atomic mass is 10.2. The number of carbonyl (C=O) groups excluding carboxylic acids is 1. The van der Waals surface area contributed by atoms with Crippen LogP contribution in [0.4, 0.5) is 16.5 Å². The molecule has 3 rings (SSSR count). The van der Waals surface area contributed by atoms with Crippen molar-refractivity contribution in [2.75, 3.05) is 44.2 Å². The van der Waals surface area contributed by atoms with E-state index < -0.39 is 0 Å². The van der Waals surface area contributed by atoms with Gasteiger partial charge in [0, 0.05) is 33.4 Å². The first kappa shape index (κ1) is 21.9. The highest BCUT2D eigenvalue weighted by Gasteiger charge is 2.13. The van der Waals surface area contributed by atoms with Gasteiger partial charge in [0.05, 0.1) is 18.6 Å². The summed E-state index contributed by atoms with van der Waals surface area (Å²) in [6, 6.07) is 15.8. The maximum Gasteiger partial charge on any atom is 0.233 e. The summed E-state index contributed by atoms with van der Waals surface area (Å²) >= 11 is 2.80. The van der Waals surface area contributed by atoms with Crippen molar-refractivity contribution in [2.45, 2.75) is 10.9 Å². The van der Waals surface area contributed by atoms with Gasteiger partial charge in [0.2, 0.25) is 11.0 Å². The Morgan fingerprint density at radius 3 is 2.53 bits per heavy atom. The molecule has 0 fully saturated rings. The Hall–Kier alpha value is -2.78. The van der Waals surface area contributed by atoms with Crippen LogP contribution < -0.4 is 15.0 Å². The Balaban J connectivity index is 1.51. The number of ether oxygens (including phenoxy) is 1. The largest absolute Gasteiger partial charge is 0.495 e. The van der Waals surface area contributed by atoms with Crippen molar-refractivity contribution < 1.29 is 9.53 Å². The predicted octanol–water partition coefficient (Wildman–Crippen LogP) is 4.11. The van der Waals surface area contributed by atoms with E-state index in [2.05, 4.69) is 27.6 Å². The van der Waals surface area contributed by atoms with Gasteiger partial charge in [0.1, 0.15) is 5.75 Å². The van der Waals surface area contributed by atoms with Crippen molar-refractivity contribution in [1.29, 1.82) is 0 Å². The van der Waals surface area contributed by atoms with Gasteiger partial charge in [-0.05, 0) is 29.8 Å². The Labute approximate surface area is 185 Å². The second kappa shape index (κ2) is 10.3. The van der Waals surface area contributed by atoms with Crippen LogP contribution in [-0.2, 0) is 11.3 Å². The summed E-state index contributed by atoms with van der Waals surface area (Å²) in [5, 5.41) is 12.2. The molecule has 0 radical (unpaired) electrons. The first-order valence-electron chi connectivity index (χ1n) is 9.33. The lowest BCUT2D eigenvalue weighted by Gasteiger charge is -2.18. The van der Waals surface area contributed by atoms with Crippen LogP contribution in [0.2, 0.25) is 0 Å². The van der Waals surface area contributed by atoms with Gasteiger partial charge < -0.3 is 19.9 Å². The van der Waals surface area contributed by atoms with Gasteiger partial charge in [-0.3, -0.25) is 4.79 Å². The first-order valence-corrected chi connectivity index (χ1v) is 11.1. The zero-order valence-corrected chi connectivity index (χ0v) is 19.1. The van der Waals surface area contributed by atoms with Gasteiger partial charge in [-0.1, -0.05) is 47.4 Å². The van der Waals surface area contributed by atoms with Gasteiger partial charge in [0.15, 0.2) is 4.34 Å². The van der Waals surface area contributed by atoms with Crippen LogP contribution in [0.3, 0.4) is 0 Å². The Morgan fingerprint density at radius 2 is 1.83 bits per heavy atom. The van der Waals surface area contributed by atoms with Gasteiger partial charge in [-0.25, -0.2) is 0 Å². The average molecular weight is 444 g/mol. The monoisotopic (exact) mass is 443 g/mol. The van der Waals surface area contributed by atoms with Gasteiger partial charge in [0.25, 0.3) is 0 Å². The molecule has 1 aromatic heterocycles. The highest BCUT2D eigenvalue weighted by atomic mass is 32.2. The summed E-state index contributed by atoms with van der Waals surface area (Å²) in [6.07, 6.45) is 0. The van der Waals surface area contributed by atoms with Crippen molar-refractivity contribution in [2.24, 2.45) is 0 Å². The third-order valence-corrected chi connectivity index (χ3v) is 6.33. The molecule has 0 aliphatic heterocycles. The fraction of sp³-hybridized carbons (Fsp3) is 0.286. The molecule has 2 aromatic carbocycles. The number of methoxy groups -OCH3 is 1. The zero-order chi connectivity index (χ0) is 21.5. The molecule has 0 saturated heterocycles. The van der Waals surface area contributed by atoms with Crippen LogP contribution in [0, 0.1) is 0 Å². The van der Waals surface area contributed by atoms with Gasteiger partial charge in [-0.2, -0.15) is 0 Å². The molecule has 1 amide bonds. The van der Waals surface area contributed by atoms with E-state index in [9.17, 15) is 4.79 Å². The van der Waals surface area contributed by atoms with E-state index in [-0.39, 0.29) is 5.91 Å². The molecule has 0 aliphatic rings. The van der Waals surface area contributed by atoms with E-state index in [0.29, 0.717) is 17.4 Å². The number of para-hydroxylation sites is 2. The molecule has 0 unspecified atom stereocenters. The summed E-state index contributed by atoms with van der Waals surface area (Å²) in [5.74, 6) is 1.10. The second-order valence-electron chi connectivity index (χ2n) is 6.80. The molecule has 3 aromatic rings. The smallest absolute Gasteiger partial charge is 0.233 e. The summed E-state index contributed by atoms with van der Waals surface area (Å²) in [7, 11) is 7.46. The quantitative estimate of drug-likeness (QED) is 0.499. The number of hydrogen-bond acceptors (Lipinski definition) is 8. The minimum absolute atomic E-state index is 0.0473. The summed E-state index contributed by atoms with van der Waals surface area (Å²) in [6.45, 7) is 0.573. The molecular formula is C21H25N5O2S2. The number of amides is 1. The number of benzene rings is 2. The number of anilines is 3. The molecule has 158 valence electrons. The molecule has 0 spiro atoms. The van der Waals surface area contributed by atoms with E-state index in [4.69, 9.17) is 4.74 Å². The third-order valence-electron chi connectivity index (χ3n) is 4.37. The molecule has 0 aliphatic carbocycles. The highest BCUT2D eigenvalue weighted by Crippen LogP contribution is 2.31. The number of rotatable bonds is 9. The second-order valence-corrected chi connectivity index (χ2v) is 9.00. The van der Waals surface area contributed by atoms with Crippen LogP contribution >= 0.6 is 23.1 Å². The molecular weight excluding hydrogens is 418 g/mol. The SMILES string of the molecule is COc1ccccc1Nc1nnc(SCC(=O)N(C)Cc2ccc(N(C)C)cc2)s1. The van der Waals surface area contributed by atoms with Crippen LogP contribution in [0.5, 0.6) is 5.75 Å². The summed E-state index contributed by atoms with van der Waals surface area (Å²) < 4.78 is 6.07. The number of nitrogens with zero attached hydrogens (tertiary/aromatic N) is 4. The van der Waals surface area contributed by atoms with E-state index in [1.54, 1.807) is 12.0 Å². The molecule has 0 atom stereocenters. The fourth-order valence-corrected chi connectivity index (χ4v) is 4.38. The molecule has 7 nitrogen and oxygen atoms in total. The van der Waals surface area contributed by atoms with Crippen molar-refractivity contribution in [3.63, 3.8) is 0 Å². The number of thioether (sulfide) groups is 1. The molecule has 0 saturated carbocycles. The van der Waals surface area contributed by atoms with Crippen LogP contribution in [-0.4, -0.2) is 55.0 Å². The summed E-state index contributed by atoms with van der Waals surface area (Å²) in [5.41, 5.74) is 3.06. The first-order chi connectivity index (χ1) is 14.5. The highest BCUT2D eigenvalue weighted by molar-refractivity contribution is 8.01. The molecule has 9 heteroatoms. The lowest BCUT2D eigenvalue weighted by Crippen LogP contribution is -2.27. The number of nitrogens with one attached hydrogen (secondary N) is 1. The normalized spacial score (nSPS) is 10.5. The van der Waals surface area contributed by atoms with E-state index in [1.165, 1.54) is 23.1 Å². The van der Waals surface area contributed by atoms with E-state index in [0.717, 1.165) is 27.0 Å². The minimum atomic E-state index is 0.0473. The molecule has 1 N–H and O–H groups in total. The van der Waals surface area contributed by atoms with Crippen molar-refractivity contribution in [3.8, 4) is 5.75 Å². The molecule has 1 heterocycles. The maximum atomic E-state index is 12.5. The van der Waals surface area contributed by atoms with Crippen LogP contribution in [0.15, 0.2) is 52.9 Å². The number of carbonyl (C=O) groups is 1.